The van der Waals surface area contributed by atoms with Gasteiger partial charge in [-0.3, -0.25) is 9.63 Å². The summed E-state index contributed by atoms with van der Waals surface area (Å²) in [5, 5.41) is 0. The van der Waals surface area contributed by atoms with Crippen LogP contribution in [0.1, 0.15) is 31.1 Å². The Morgan fingerprint density at radius 2 is 1.82 bits per heavy atom. The van der Waals surface area contributed by atoms with Crippen molar-refractivity contribution in [3.8, 4) is 0 Å². The molecule has 0 aliphatic heterocycles. The van der Waals surface area contributed by atoms with Gasteiger partial charge in [0.15, 0.2) is 11.6 Å². The number of amides is 1. The van der Waals surface area contributed by atoms with Crippen molar-refractivity contribution in [2.45, 2.75) is 26.4 Å². The Morgan fingerprint density at radius 3 is 2.35 bits per heavy atom. The second kappa shape index (κ2) is 4.67. The van der Waals surface area contributed by atoms with E-state index in [0.717, 1.165) is 12.1 Å². The standard InChI is InChI=1S/C11H14F2N2O2/c1-11(2,3)17-15-10(16)6-4-7(12)8(13)5-9(6)14/h4-5H,14H2,1-3H3,(H,15,16). The van der Waals surface area contributed by atoms with E-state index >= 15 is 0 Å². The maximum absolute atomic E-state index is 12.9. The molecule has 0 radical (unpaired) electrons. The first-order valence-electron chi connectivity index (χ1n) is 4.93. The molecule has 0 aliphatic rings. The van der Waals surface area contributed by atoms with Gasteiger partial charge in [0.2, 0.25) is 0 Å². The summed E-state index contributed by atoms with van der Waals surface area (Å²) in [5.74, 6) is -2.97. The van der Waals surface area contributed by atoms with Crippen LogP contribution in [0.5, 0.6) is 0 Å². The van der Waals surface area contributed by atoms with E-state index in [1.165, 1.54) is 0 Å². The molecule has 0 heterocycles. The van der Waals surface area contributed by atoms with Crippen molar-refractivity contribution in [1.29, 1.82) is 0 Å². The van der Waals surface area contributed by atoms with Crippen molar-refractivity contribution in [2.24, 2.45) is 0 Å². The van der Waals surface area contributed by atoms with E-state index in [9.17, 15) is 13.6 Å². The normalized spacial score (nSPS) is 11.4. The van der Waals surface area contributed by atoms with Gasteiger partial charge in [0.05, 0.1) is 11.2 Å². The Balaban J connectivity index is 2.86. The molecule has 6 heteroatoms. The van der Waals surface area contributed by atoms with Crippen LogP contribution in [0.3, 0.4) is 0 Å². The first kappa shape index (κ1) is 13.4. The quantitative estimate of drug-likeness (QED) is 0.617. The molecule has 0 saturated heterocycles. The van der Waals surface area contributed by atoms with Crippen molar-refractivity contribution in [3.63, 3.8) is 0 Å². The summed E-state index contributed by atoms with van der Waals surface area (Å²) in [5.41, 5.74) is 6.60. The minimum atomic E-state index is -1.14. The lowest BCUT2D eigenvalue weighted by Gasteiger charge is -2.19. The number of anilines is 1. The van der Waals surface area contributed by atoms with Crippen LogP contribution in [0.2, 0.25) is 0 Å². The van der Waals surface area contributed by atoms with E-state index in [1.807, 2.05) is 0 Å². The van der Waals surface area contributed by atoms with Crippen LogP contribution in [0, 0.1) is 11.6 Å². The van der Waals surface area contributed by atoms with Gasteiger partial charge in [0.25, 0.3) is 5.91 Å². The number of carbonyl (C=O) groups is 1. The zero-order valence-electron chi connectivity index (χ0n) is 9.80. The van der Waals surface area contributed by atoms with Crippen LogP contribution >= 0.6 is 0 Å². The summed E-state index contributed by atoms with van der Waals surface area (Å²) in [6.07, 6.45) is 0. The number of nitrogens with two attached hydrogens (primary N) is 1. The number of hydrogen-bond donors (Lipinski definition) is 2. The molecular formula is C11H14F2N2O2. The lowest BCUT2D eigenvalue weighted by atomic mass is 10.1. The molecule has 3 N–H and O–H groups in total. The molecule has 4 nitrogen and oxygen atoms in total. The topological polar surface area (TPSA) is 64.3 Å². The molecule has 0 atom stereocenters. The van der Waals surface area contributed by atoms with Crippen molar-refractivity contribution in [1.82, 2.24) is 5.48 Å². The molecule has 94 valence electrons. The second-order valence-corrected chi connectivity index (χ2v) is 4.50. The Hall–Kier alpha value is -1.69. The fourth-order valence-corrected chi connectivity index (χ4v) is 1.01. The first-order valence-corrected chi connectivity index (χ1v) is 4.93. The molecule has 0 spiro atoms. The fourth-order valence-electron chi connectivity index (χ4n) is 1.01. The minimum absolute atomic E-state index is 0.154. The maximum Gasteiger partial charge on any atom is 0.277 e. The summed E-state index contributed by atoms with van der Waals surface area (Å²) >= 11 is 0. The molecule has 0 aromatic heterocycles. The molecular weight excluding hydrogens is 230 g/mol. The summed E-state index contributed by atoms with van der Waals surface area (Å²) < 4.78 is 25.7. The number of nitrogens with one attached hydrogen (secondary N) is 1. The van der Waals surface area contributed by atoms with E-state index in [0.29, 0.717) is 0 Å². The number of hydroxylamine groups is 1. The van der Waals surface area contributed by atoms with E-state index in [2.05, 4.69) is 5.48 Å². The van der Waals surface area contributed by atoms with Crippen molar-refractivity contribution < 1.29 is 18.4 Å². The number of benzene rings is 1. The van der Waals surface area contributed by atoms with Gasteiger partial charge in [-0.2, -0.15) is 0 Å². The van der Waals surface area contributed by atoms with Gasteiger partial charge in [-0.15, -0.1) is 0 Å². The third kappa shape index (κ3) is 3.67. The summed E-state index contributed by atoms with van der Waals surface area (Å²) in [4.78, 5) is 16.6. The van der Waals surface area contributed by atoms with Crippen molar-refractivity contribution >= 4 is 11.6 Å². The Morgan fingerprint density at radius 1 is 1.29 bits per heavy atom. The first-order chi connectivity index (χ1) is 7.70. The number of carbonyl (C=O) groups excluding carboxylic acids is 1. The molecule has 0 bridgehead atoms. The zero-order chi connectivity index (χ0) is 13.2. The van der Waals surface area contributed by atoms with E-state index in [-0.39, 0.29) is 11.3 Å². The van der Waals surface area contributed by atoms with Gasteiger partial charge >= 0.3 is 0 Å². The molecule has 0 unspecified atom stereocenters. The molecule has 1 amide bonds. The molecule has 1 aromatic carbocycles. The largest absolute Gasteiger partial charge is 0.398 e. The average Bonchev–Trinajstić information content (AvgIpc) is 2.19. The van der Waals surface area contributed by atoms with Crippen molar-refractivity contribution in [2.75, 3.05) is 5.73 Å². The van der Waals surface area contributed by atoms with Gasteiger partial charge in [-0.1, -0.05) is 0 Å². The Labute approximate surface area is 97.7 Å². The van der Waals surface area contributed by atoms with Crippen LogP contribution in [0.25, 0.3) is 0 Å². The van der Waals surface area contributed by atoms with Gasteiger partial charge in [0, 0.05) is 11.8 Å². The third-order valence-electron chi connectivity index (χ3n) is 1.79. The summed E-state index contributed by atoms with van der Waals surface area (Å²) in [6.45, 7) is 5.17. The summed E-state index contributed by atoms with van der Waals surface area (Å²) in [6, 6.07) is 1.48. The highest BCUT2D eigenvalue weighted by Crippen LogP contribution is 2.17. The van der Waals surface area contributed by atoms with E-state index in [4.69, 9.17) is 10.6 Å². The lowest BCUT2D eigenvalue weighted by molar-refractivity contribution is -0.0589. The highest BCUT2D eigenvalue weighted by Gasteiger charge is 2.17. The Kier molecular flexibility index (Phi) is 3.67. The van der Waals surface area contributed by atoms with Gasteiger partial charge in [-0.05, 0) is 26.8 Å². The highest BCUT2D eigenvalue weighted by molar-refractivity contribution is 5.98. The van der Waals surface area contributed by atoms with E-state index < -0.39 is 23.1 Å². The number of hydrogen-bond acceptors (Lipinski definition) is 3. The smallest absolute Gasteiger partial charge is 0.277 e. The van der Waals surface area contributed by atoms with Crippen LogP contribution in [0.4, 0.5) is 14.5 Å². The third-order valence-corrected chi connectivity index (χ3v) is 1.79. The van der Waals surface area contributed by atoms with Gasteiger partial charge in [-0.25, -0.2) is 14.3 Å². The number of nitrogen functional groups attached to an aromatic ring is 1. The molecule has 0 aliphatic carbocycles. The molecule has 0 fully saturated rings. The number of halogens is 2. The Bertz CT molecular complexity index is 442. The molecule has 1 aromatic rings. The molecule has 1 rings (SSSR count). The van der Waals surface area contributed by atoms with Crippen LogP contribution in [0.15, 0.2) is 12.1 Å². The van der Waals surface area contributed by atoms with Crippen LogP contribution in [-0.4, -0.2) is 11.5 Å². The average molecular weight is 244 g/mol. The predicted octanol–water partition coefficient (Wildman–Crippen LogP) is 2.01. The highest BCUT2D eigenvalue weighted by atomic mass is 19.2. The monoisotopic (exact) mass is 244 g/mol. The van der Waals surface area contributed by atoms with E-state index in [1.54, 1.807) is 20.8 Å². The van der Waals surface area contributed by atoms with Gasteiger partial charge in [0.1, 0.15) is 0 Å². The molecule has 0 saturated carbocycles. The second-order valence-electron chi connectivity index (χ2n) is 4.50. The summed E-state index contributed by atoms with van der Waals surface area (Å²) in [7, 11) is 0. The fraction of sp³-hybridized carbons (Fsp3) is 0.364. The van der Waals surface area contributed by atoms with Crippen LogP contribution in [-0.2, 0) is 4.84 Å². The van der Waals surface area contributed by atoms with Crippen molar-refractivity contribution in [3.05, 3.63) is 29.3 Å². The molecule has 17 heavy (non-hydrogen) atoms. The lowest BCUT2D eigenvalue weighted by Crippen LogP contribution is -2.34. The van der Waals surface area contributed by atoms with Gasteiger partial charge < -0.3 is 5.73 Å². The van der Waals surface area contributed by atoms with Crippen LogP contribution < -0.4 is 11.2 Å². The predicted molar refractivity (Wildman–Crippen MR) is 59.1 cm³/mol. The SMILES string of the molecule is CC(C)(C)ONC(=O)c1cc(F)c(F)cc1N. The zero-order valence-corrected chi connectivity index (χ0v) is 9.80. The number of rotatable bonds is 2. The minimum Gasteiger partial charge on any atom is -0.398 e. The maximum atomic E-state index is 12.9.